The average molecular weight is 234 g/mol. The fraction of sp³-hybridized carbons (Fsp3) is 0.571. The molecule has 0 amide bonds. The highest BCUT2D eigenvalue weighted by atomic mass is 16.5. The molecule has 1 fully saturated rings. The zero-order chi connectivity index (χ0) is 12.3. The third-order valence-electron chi connectivity index (χ3n) is 3.53. The molecule has 0 aromatic heterocycles. The first-order valence-corrected chi connectivity index (χ1v) is 6.39. The topological polar surface area (TPSA) is 24.5 Å². The summed E-state index contributed by atoms with van der Waals surface area (Å²) in [4.78, 5) is 2.47. The standard InChI is InChI=1S/C14H22N2O/c1-4-12-10-15-8-9-16(12)13-7-5-6-11(2)14(13)17-3/h5-7,12,15H,4,8-10H2,1-3H3. The summed E-state index contributed by atoms with van der Waals surface area (Å²) in [6.07, 6.45) is 1.16. The minimum absolute atomic E-state index is 0.569. The maximum Gasteiger partial charge on any atom is 0.145 e. The molecule has 0 aliphatic carbocycles. The minimum Gasteiger partial charge on any atom is -0.494 e. The first kappa shape index (κ1) is 12.2. The van der Waals surface area contributed by atoms with Crippen LogP contribution in [0.3, 0.4) is 0 Å². The Labute approximate surface area is 104 Å². The van der Waals surface area contributed by atoms with E-state index in [-0.39, 0.29) is 0 Å². The van der Waals surface area contributed by atoms with E-state index in [9.17, 15) is 0 Å². The van der Waals surface area contributed by atoms with Crippen LogP contribution in [0.25, 0.3) is 0 Å². The highest BCUT2D eigenvalue weighted by Gasteiger charge is 2.23. The van der Waals surface area contributed by atoms with Crippen LogP contribution < -0.4 is 15.0 Å². The summed E-state index contributed by atoms with van der Waals surface area (Å²) < 4.78 is 5.56. The third-order valence-corrected chi connectivity index (χ3v) is 3.53. The molecular weight excluding hydrogens is 212 g/mol. The maximum atomic E-state index is 5.56. The number of methoxy groups -OCH3 is 1. The monoisotopic (exact) mass is 234 g/mol. The van der Waals surface area contributed by atoms with E-state index < -0.39 is 0 Å². The Balaban J connectivity index is 2.34. The number of nitrogens with one attached hydrogen (secondary N) is 1. The Morgan fingerprint density at radius 2 is 2.29 bits per heavy atom. The molecule has 17 heavy (non-hydrogen) atoms. The molecular formula is C14H22N2O. The molecule has 0 radical (unpaired) electrons. The molecule has 1 aliphatic rings. The molecule has 1 aliphatic heterocycles. The van der Waals surface area contributed by atoms with Crippen molar-refractivity contribution in [3.8, 4) is 5.75 Å². The van der Waals surface area contributed by atoms with Crippen LogP contribution in [0, 0.1) is 6.92 Å². The lowest BCUT2D eigenvalue weighted by molar-refractivity contribution is 0.403. The van der Waals surface area contributed by atoms with E-state index in [1.54, 1.807) is 7.11 Å². The molecule has 1 aromatic rings. The van der Waals surface area contributed by atoms with E-state index in [1.165, 1.54) is 11.3 Å². The molecule has 1 saturated heterocycles. The zero-order valence-electron chi connectivity index (χ0n) is 11.0. The van der Waals surface area contributed by atoms with Crippen LogP contribution in [0.1, 0.15) is 18.9 Å². The number of anilines is 1. The van der Waals surface area contributed by atoms with Gasteiger partial charge < -0.3 is 15.0 Å². The Morgan fingerprint density at radius 1 is 1.47 bits per heavy atom. The van der Waals surface area contributed by atoms with E-state index >= 15 is 0 Å². The van der Waals surface area contributed by atoms with Gasteiger partial charge in [0.1, 0.15) is 5.75 Å². The van der Waals surface area contributed by atoms with Crippen molar-refractivity contribution in [3.63, 3.8) is 0 Å². The second-order valence-corrected chi connectivity index (χ2v) is 4.59. The number of para-hydroxylation sites is 1. The molecule has 2 rings (SSSR count). The van der Waals surface area contributed by atoms with Crippen molar-refractivity contribution in [1.82, 2.24) is 5.32 Å². The van der Waals surface area contributed by atoms with Crippen molar-refractivity contribution in [3.05, 3.63) is 23.8 Å². The molecule has 1 aromatic carbocycles. The summed E-state index contributed by atoms with van der Waals surface area (Å²) in [7, 11) is 1.76. The van der Waals surface area contributed by atoms with Gasteiger partial charge in [-0.1, -0.05) is 19.1 Å². The van der Waals surface area contributed by atoms with E-state index in [4.69, 9.17) is 4.74 Å². The number of nitrogens with zero attached hydrogens (tertiary/aromatic N) is 1. The average Bonchev–Trinajstić information content (AvgIpc) is 2.38. The number of hydrogen-bond acceptors (Lipinski definition) is 3. The lowest BCUT2D eigenvalue weighted by Crippen LogP contribution is -2.51. The number of ether oxygens (including phenoxy) is 1. The molecule has 1 unspecified atom stereocenters. The van der Waals surface area contributed by atoms with Gasteiger partial charge >= 0.3 is 0 Å². The molecule has 1 heterocycles. The SMILES string of the molecule is CCC1CNCCN1c1cccc(C)c1OC. The van der Waals surface area contributed by atoms with E-state index in [0.717, 1.165) is 31.8 Å². The third kappa shape index (κ3) is 2.39. The van der Waals surface area contributed by atoms with Gasteiger partial charge in [0.2, 0.25) is 0 Å². The van der Waals surface area contributed by atoms with Gasteiger partial charge in [0.15, 0.2) is 0 Å². The van der Waals surface area contributed by atoms with Crippen LogP contribution in [0.2, 0.25) is 0 Å². The number of rotatable bonds is 3. The quantitative estimate of drug-likeness (QED) is 0.867. The van der Waals surface area contributed by atoms with Crippen molar-refractivity contribution in [1.29, 1.82) is 0 Å². The van der Waals surface area contributed by atoms with Gasteiger partial charge in [0.05, 0.1) is 12.8 Å². The largest absolute Gasteiger partial charge is 0.494 e. The molecule has 3 heteroatoms. The summed E-state index contributed by atoms with van der Waals surface area (Å²) in [6, 6.07) is 6.95. The number of aryl methyl sites for hydroxylation is 1. The zero-order valence-corrected chi connectivity index (χ0v) is 11.0. The van der Waals surface area contributed by atoms with Crippen LogP contribution >= 0.6 is 0 Å². The van der Waals surface area contributed by atoms with E-state index in [2.05, 4.69) is 42.3 Å². The van der Waals surface area contributed by atoms with Gasteiger partial charge in [-0.2, -0.15) is 0 Å². The normalized spacial score (nSPS) is 20.4. The van der Waals surface area contributed by atoms with Crippen molar-refractivity contribution in [2.45, 2.75) is 26.3 Å². The molecule has 0 spiro atoms. The van der Waals surface area contributed by atoms with Crippen molar-refractivity contribution in [2.24, 2.45) is 0 Å². The van der Waals surface area contributed by atoms with Gasteiger partial charge in [-0.05, 0) is 25.0 Å². The van der Waals surface area contributed by atoms with Gasteiger partial charge in [-0.15, -0.1) is 0 Å². The molecule has 0 saturated carbocycles. The Hall–Kier alpha value is -1.22. The second-order valence-electron chi connectivity index (χ2n) is 4.59. The molecule has 1 N–H and O–H groups in total. The van der Waals surface area contributed by atoms with Crippen LogP contribution in [-0.4, -0.2) is 32.8 Å². The Bertz CT molecular complexity index is 378. The second kappa shape index (κ2) is 5.41. The van der Waals surface area contributed by atoms with Crippen molar-refractivity contribution >= 4 is 5.69 Å². The summed E-state index contributed by atoms with van der Waals surface area (Å²) in [5, 5.41) is 3.46. The predicted molar refractivity (Wildman–Crippen MR) is 72.0 cm³/mol. The van der Waals surface area contributed by atoms with Crippen LogP contribution in [0.5, 0.6) is 5.75 Å². The molecule has 0 bridgehead atoms. The van der Waals surface area contributed by atoms with Crippen molar-refractivity contribution < 1.29 is 4.74 Å². The van der Waals surface area contributed by atoms with E-state index in [1.807, 2.05) is 0 Å². The van der Waals surface area contributed by atoms with E-state index in [0.29, 0.717) is 6.04 Å². The first-order chi connectivity index (χ1) is 8.27. The Morgan fingerprint density at radius 3 is 3.00 bits per heavy atom. The summed E-state index contributed by atoms with van der Waals surface area (Å²) in [5.41, 5.74) is 2.44. The lowest BCUT2D eigenvalue weighted by atomic mass is 10.1. The molecule has 1 atom stereocenters. The van der Waals surface area contributed by atoms with Gasteiger partial charge in [0.25, 0.3) is 0 Å². The van der Waals surface area contributed by atoms with Gasteiger partial charge in [-0.25, -0.2) is 0 Å². The van der Waals surface area contributed by atoms with Gasteiger partial charge in [-0.3, -0.25) is 0 Å². The molecule has 94 valence electrons. The van der Waals surface area contributed by atoms with Crippen molar-refractivity contribution in [2.75, 3.05) is 31.6 Å². The van der Waals surface area contributed by atoms with Crippen LogP contribution in [0.4, 0.5) is 5.69 Å². The Kier molecular flexibility index (Phi) is 3.89. The fourth-order valence-electron chi connectivity index (χ4n) is 2.57. The highest BCUT2D eigenvalue weighted by Crippen LogP contribution is 2.33. The number of benzene rings is 1. The highest BCUT2D eigenvalue weighted by molar-refractivity contribution is 5.62. The fourth-order valence-corrected chi connectivity index (χ4v) is 2.57. The number of piperazine rings is 1. The number of hydrogen-bond donors (Lipinski definition) is 1. The van der Waals surface area contributed by atoms with Gasteiger partial charge in [0, 0.05) is 25.7 Å². The maximum absolute atomic E-state index is 5.56. The predicted octanol–water partition coefficient (Wildman–Crippen LogP) is 2.19. The van der Waals surface area contributed by atoms with Crippen LogP contribution in [0.15, 0.2) is 18.2 Å². The summed E-state index contributed by atoms with van der Waals surface area (Å²) in [6.45, 7) is 7.51. The summed E-state index contributed by atoms with van der Waals surface area (Å²) in [5.74, 6) is 1.02. The smallest absolute Gasteiger partial charge is 0.145 e. The minimum atomic E-state index is 0.569. The van der Waals surface area contributed by atoms with Crippen LogP contribution in [-0.2, 0) is 0 Å². The lowest BCUT2D eigenvalue weighted by Gasteiger charge is -2.38. The first-order valence-electron chi connectivity index (χ1n) is 6.39. The molecule has 3 nitrogen and oxygen atoms in total. The summed E-state index contributed by atoms with van der Waals surface area (Å²) >= 11 is 0.